The summed E-state index contributed by atoms with van der Waals surface area (Å²) in [6.45, 7) is 5.59. The first-order chi connectivity index (χ1) is 7.51. The van der Waals surface area contributed by atoms with Gasteiger partial charge in [0.15, 0.2) is 0 Å². The lowest BCUT2D eigenvalue weighted by Crippen LogP contribution is -2.47. The number of hydrogen-bond donors (Lipinski definition) is 2. The monoisotopic (exact) mass is 228 g/mol. The maximum absolute atomic E-state index is 11.6. The van der Waals surface area contributed by atoms with E-state index < -0.39 is 6.04 Å². The molecule has 0 aliphatic carbocycles. The van der Waals surface area contributed by atoms with Crippen molar-refractivity contribution in [2.45, 2.75) is 46.1 Å². The standard InChI is InChI=1S/C11H20N2O3/c1-4-6-12-11(16)9(7-8(3)14)13-10(15)5-2/h9H,4-7H2,1-3H3,(H,12,16)(H,13,15). The van der Waals surface area contributed by atoms with Gasteiger partial charge in [-0.25, -0.2) is 0 Å². The summed E-state index contributed by atoms with van der Waals surface area (Å²) < 4.78 is 0. The molecule has 0 aromatic carbocycles. The second-order valence-corrected chi connectivity index (χ2v) is 3.67. The van der Waals surface area contributed by atoms with Gasteiger partial charge >= 0.3 is 0 Å². The van der Waals surface area contributed by atoms with Gasteiger partial charge in [-0.05, 0) is 13.3 Å². The molecule has 0 fully saturated rings. The Balaban J connectivity index is 4.34. The molecule has 0 aromatic rings. The van der Waals surface area contributed by atoms with Gasteiger partial charge in [0.2, 0.25) is 11.8 Å². The van der Waals surface area contributed by atoms with Crippen molar-refractivity contribution >= 4 is 17.6 Å². The van der Waals surface area contributed by atoms with Crippen molar-refractivity contribution < 1.29 is 14.4 Å². The van der Waals surface area contributed by atoms with Gasteiger partial charge in [-0.15, -0.1) is 0 Å². The largest absolute Gasteiger partial charge is 0.354 e. The lowest BCUT2D eigenvalue weighted by Gasteiger charge is -2.16. The van der Waals surface area contributed by atoms with E-state index in [-0.39, 0.29) is 24.0 Å². The first-order valence-electron chi connectivity index (χ1n) is 5.57. The van der Waals surface area contributed by atoms with Crippen LogP contribution in [0.15, 0.2) is 0 Å². The van der Waals surface area contributed by atoms with Crippen molar-refractivity contribution in [1.29, 1.82) is 0 Å². The summed E-state index contributed by atoms with van der Waals surface area (Å²) in [6, 6.07) is -0.739. The van der Waals surface area contributed by atoms with Crippen molar-refractivity contribution in [2.75, 3.05) is 6.54 Å². The Morgan fingerprint density at radius 1 is 1.19 bits per heavy atom. The maximum Gasteiger partial charge on any atom is 0.243 e. The van der Waals surface area contributed by atoms with Gasteiger partial charge < -0.3 is 10.6 Å². The van der Waals surface area contributed by atoms with E-state index in [1.165, 1.54) is 6.92 Å². The number of nitrogens with one attached hydrogen (secondary N) is 2. The molecule has 0 radical (unpaired) electrons. The van der Waals surface area contributed by atoms with E-state index in [9.17, 15) is 14.4 Å². The fraction of sp³-hybridized carbons (Fsp3) is 0.727. The summed E-state index contributed by atoms with van der Waals surface area (Å²) in [5, 5.41) is 5.20. The Bertz CT molecular complexity index is 264. The number of carbonyl (C=O) groups excluding carboxylic acids is 3. The Labute approximate surface area is 96.0 Å². The molecule has 0 heterocycles. The molecule has 2 amide bonds. The second-order valence-electron chi connectivity index (χ2n) is 3.67. The average molecular weight is 228 g/mol. The van der Waals surface area contributed by atoms with Crippen molar-refractivity contribution in [3.63, 3.8) is 0 Å². The van der Waals surface area contributed by atoms with Crippen molar-refractivity contribution in [1.82, 2.24) is 10.6 Å². The van der Waals surface area contributed by atoms with Gasteiger partial charge in [0.25, 0.3) is 0 Å². The lowest BCUT2D eigenvalue weighted by molar-refractivity contribution is -0.130. The van der Waals surface area contributed by atoms with Gasteiger partial charge in [-0.1, -0.05) is 13.8 Å². The number of carbonyl (C=O) groups is 3. The Morgan fingerprint density at radius 2 is 1.81 bits per heavy atom. The summed E-state index contributed by atoms with van der Waals surface area (Å²) in [6.07, 6.45) is 1.16. The van der Waals surface area contributed by atoms with E-state index in [0.29, 0.717) is 13.0 Å². The zero-order valence-electron chi connectivity index (χ0n) is 10.1. The van der Waals surface area contributed by atoms with E-state index in [1.807, 2.05) is 6.92 Å². The second kappa shape index (κ2) is 7.84. The molecular formula is C11H20N2O3. The van der Waals surface area contributed by atoms with Crippen LogP contribution in [-0.4, -0.2) is 30.2 Å². The topological polar surface area (TPSA) is 75.3 Å². The molecule has 2 N–H and O–H groups in total. The highest BCUT2D eigenvalue weighted by atomic mass is 16.2. The predicted octanol–water partition coefficient (Wildman–Crippen LogP) is 0.386. The normalized spacial score (nSPS) is 11.7. The van der Waals surface area contributed by atoms with Crippen molar-refractivity contribution in [3.8, 4) is 0 Å². The molecule has 0 rings (SSSR count). The lowest BCUT2D eigenvalue weighted by atomic mass is 10.1. The summed E-state index contributed by atoms with van der Waals surface area (Å²) in [5.41, 5.74) is 0. The molecule has 0 saturated carbocycles. The molecule has 92 valence electrons. The van der Waals surface area contributed by atoms with Crippen molar-refractivity contribution in [2.24, 2.45) is 0 Å². The number of hydrogen-bond acceptors (Lipinski definition) is 3. The third kappa shape index (κ3) is 6.16. The Hall–Kier alpha value is -1.39. The fourth-order valence-corrected chi connectivity index (χ4v) is 1.16. The summed E-state index contributed by atoms with van der Waals surface area (Å²) in [4.78, 5) is 33.8. The van der Waals surface area contributed by atoms with E-state index in [4.69, 9.17) is 0 Å². The van der Waals surface area contributed by atoms with Crippen LogP contribution < -0.4 is 10.6 Å². The number of Topliss-reactive ketones (excluding diaryl/α,β-unsaturated/α-hetero) is 1. The number of ketones is 1. The molecule has 16 heavy (non-hydrogen) atoms. The highest BCUT2D eigenvalue weighted by Crippen LogP contribution is 1.95. The molecule has 0 saturated heterocycles. The van der Waals surface area contributed by atoms with E-state index in [2.05, 4.69) is 10.6 Å². The van der Waals surface area contributed by atoms with Crippen LogP contribution in [0, 0.1) is 0 Å². The minimum atomic E-state index is -0.739. The quantitative estimate of drug-likeness (QED) is 0.661. The maximum atomic E-state index is 11.6. The molecule has 5 nitrogen and oxygen atoms in total. The third-order valence-corrected chi connectivity index (χ3v) is 2.01. The molecular weight excluding hydrogens is 208 g/mol. The van der Waals surface area contributed by atoms with Crippen LogP contribution in [0.3, 0.4) is 0 Å². The molecule has 0 aliphatic heterocycles. The fourth-order valence-electron chi connectivity index (χ4n) is 1.16. The highest BCUT2D eigenvalue weighted by molar-refractivity contribution is 5.91. The third-order valence-electron chi connectivity index (χ3n) is 2.01. The smallest absolute Gasteiger partial charge is 0.243 e. The van der Waals surface area contributed by atoms with Crippen LogP contribution >= 0.6 is 0 Å². The first kappa shape index (κ1) is 14.6. The van der Waals surface area contributed by atoms with Crippen LogP contribution in [0.1, 0.15) is 40.0 Å². The van der Waals surface area contributed by atoms with Gasteiger partial charge in [-0.3, -0.25) is 14.4 Å². The van der Waals surface area contributed by atoms with Gasteiger partial charge in [-0.2, -0.15) is 0 Å². The van der Waals surface area contributed by atoms with Crippen LogP contribution in [0.25, 0.3) is 0 Å². The summed E-state index contributed by atoms with van der Waals surface area (Å²) in [5.74, 6) is -0.634. The Morgan fingerprint density at radius 3 is 2.25 bits per heavy atom. The minimum Gasteiger partial charge on any atom is -0.354 e. The summed E-state index contributed by atoms with van der Waals surface area (Å²) >= 11 is 0. The van der Waals surface area contributed by atoms with Crippen LogP contribution in [-0.2, 0) is 14.4 Å². The first-order valence-corrected chi connectivity index (χ1v) is 5.57. The Kier molecular flexibility index (Phi) is 7.16. The SMILES string of the molecule is CCCNC(=O)C(CC(C)=O)NC(=O)CC. The predicted molar refractivity (Wildman–Crippen MR) is 60.8 cm³/mol. The van der Waals surface area contributed by atoms with E-state index in [1.54, 1.807) is 6.92 Å². The molecule has 1 atom stereocenters. The number of amides is 2. The zero-order valence-corrected chi connectivity index (χ0v) is 10.1. The van der Waals surface area contributed by atoms with Gasteiger partial charge in [0, 0.05) is 19.4 Å². The van der Waals surface area contributed by atoms with Crippen molar-refractivity contribution in [3.05, 3.63) is 0 Å². The highest BCUT2D eigenvalue weighted by Gasteiger charge is 2.21. The minimum absolute atomic E-state index is 0.0429. The van der Waals surface area contributed by atoms with E-state index in [0.717, 1.165) is 6.42 Å². The molecule has 0 aliphatic rings. The van der Waals surface area contributed by atoms with Crippen LogP contribution in [0.2, 0.25) is 0 Å². The molecule has 1 unspecified atom stereocenters. The summed E-state index contributed by atoms with van der Waals surface area (Å²) in [7, 11) is 0. The zero-order chi connectivity index (χ0) is 12.6. The molecule has 5 heteroatoms. The molecule has 0 spiro atoms. The molecule has 0 bridgehead atoms. The van der Waals surface area contributed by atoms with Gasteiger partial charge in [0.1, 0.15) is 11.8 Å². The van der Waals surface area contributed by atoms with E-state index >= 15 is 0 Å². The molecule has 0 aromatic heterocycles. The average Bonchev–Trinajstić information content (AvgIpc) is 2.24. The van der Waals surface area contributed by atoms with Crippen LogP contribution in [0.4, 0.5) is 0 Å². The number of rotatable bonds is 7. The van der Waals surface area contributed by atoms with Gasteiger partial charge in [0.05, 0.1) is 0 Å². The van der Waals surface area contributed by atoms with Crippen LogP contribution in [0.5, 0.6) is 0 Å².